The molecule has 1 aromatic heterocycles. The largest absolute Gasteiger partial charge is 0.444 e. The third kappa shape index (κ3) is 6.05. The van der Waals surface area contributed by atoms with Crippen LogP contribution in [0.4, 0.5) is 10.5 Å². The van der Waals surface area contributed by atoms with Gasteiger partial charge >= 0.3 is 6.09 Å². The van der Waals surface area contributed by atoms with E-state index in [9.17, 15) is 9.59 Å². The maximum Gasteiger partial charge on any atom is 0.410 e. The molecule has 3 rings (SSSR count). The number of likely N-dealkylation sites (N-methyl/N-ethyl adjacent to an activating group) is 1. The van der Waals surface area contributed by atoms with Gasteiger partial charge in [0.2, 0.25) is 0 Å². The molecule has 32 heavy (non-hydrogen) atoms. The number of likely N-dealkylation sites (tertiary alicyclic amines) is 1. The highest BCUT2D eigenvalue weighted by Gasteiger charge is 2.28. The molecule has 0 saturated carbocycles. The summed E-state index contributed by atoms with van der Waals surface area (Å²) in [7, 11) is 2.04. The normalized spacial score (nSPS) is 15.8. The number of para-hydroxylation sites is 1. The van der Waals surface area contributed by atoms with Crippen molar-refractivity contribution in [2.24, 2.45) is 0 Å². The number of amides is 2. The number of aromatic nitrogens is 1. The Labute approximate surface area is 191 Å². The van der Waals surface area contributed by atoms with Gasteiger partial charge in [0.25, 0.3) is 5.91 Å². The molecule has 7 heteroatoms. The predicted molar refractivity (Wildman–Crippen MR) is 127 cm³/mol. The topological polar surface area (TPSA) is 66.8 Å². The van der Waals surface area contributed by atoms with Crippen molar-refractivity contribution >= 4 is 17.7 Å². The fourth-order valence-electron chi connectivity index (χ4n) is 3.94. The molecule has 174 valence electrons. The standard InChI is InChI=1S/C25H36N4O3/c1-19(27(5)20-10-7-6-8-11-20)18-26-23(30)22-12-9-15-29(22)21-13-16-28(17-14-21)24(31)32-25(2,3)4/h6-12,15,19,21H,13-14,16-18H2,1-5H3,(H,26,30). The number of hydrogen-bond acceptors (Lipinski definition) is 4. The first-order chi connectivity index (χ1) is 15.2. The first-order valence-corrected chi connectivity index (χ1v) is 11.4. The van der Waals surface area contributed by atoms with E-state index in [1.807, 2.05) is 68.9 Å². The first kappa shape index (κ1) is 23.7. The average Bonchev–Trinajstić information content (AvgIpc) is 3.26. The Morgan fingerprint density at radius 3 is 2.41 bits per heavy atom. The van der Waals surface area contributed by atoms with Crippen molar-refractivity contribution < 1.29 is 14.3 Å². The molecule has 1 aliphatic heterocycles. The first-order valence-electron chi connectivity index (χ1n) is 11.4. The number of nitrogens with zero attached hydrogens (tertiary/aromatic N) is 3. The molecule has 1 aliphatic rings. The van der Waals surface area contributed by atoms with Crippen LogP contribution in [-0.2, 0) is 4.74 Å². The number of benzene rings is 1. The molecule has 1 atom stereocenters. The molecule has 0 aliphatic carbocycles. The van der Waals surface area contributed by atoms with Crippen LogP contribution in [-0.4, -0.2) is 59.8 Å². The van der Waals surface area contributed by atoms with E-state index in [2.05, 4.69) is 29.3 Å². The molecule has 2 heterocycles. The van der Waals surface area contributed by atoms with Crippen LogP contribution in [0.1, 0.15) is 57.1 Å². The summed E-state index contributed by atoms with van der Waals surface area (Å²) in [4.78, 5) is 29.2. The van der Waals surface area contributed by atoms with Crippen LogP contribution in [0.2, 0.25) is 0 Å². The second kappa shape index (κ2) is 10.1. The highest BCUT2D eigenvalue weighted by molar-refractivity contribution is 5.92. The Balaban J connectivity index is 1.54. The van der Waals surface area contributed by atoms with Crippen LogP contribution in [0.3, 0.4) is 0 Å². The summed E-state index contributed by atoms with van der Waals surface area (Å²) >= 11 is 0. The molecular formula is C25H36N4O3. The van der Waals surface area contributed by atoms with Crippen LogP contribution in [0.15, 0.2) is 48.7 Å². The summed E-state index contributed by atoms with van der Waals surface area (Å²) < 4.78 is 7.53. The average molecular weight is 441 g/mol. The molecule has 0 bridgehead atoms. The number of ether oxygens (including phenoxy) is 1. The Bertz CT molecular complexity index is 895. The Kier molecular flexibility index (Phi) is 7.48. The second-order valence-corrected chi connectivity index (χ2v) is 9.50. The lowest BCUT2D eigenvalue weighted by molar-refractivity contribution is 0.0187. The molecule has 0 spiro atoms. The van der Waals surface area contributed by atoms with E-state index < -0.39 is 5.60 Å². The monoisotopic (exact) mass is 440 g/mol. The van der Waals surface area contributed by atoms with E-state index >= 15 is 0 Å². The number of carbonyl (C=O) groups is 2. The molecule has 2 amide bonds. The van der Waals surface area contributed by atoms with Crippen LogP contribution in [0.5, 0.6) is 0 Å². The van der Waals surface area contributed by atoms with Crippen LogP contribution < -0.4 is 10.2 Å². The smallest absolute Gasteiger partial charge is 0.410 e. The number of rotatable bonds is 6. The lowest BCUT2D eigenvalue weighted by Crippen LogP contribution is -2.43. The van der Waals surface area contributed by atoms with Gasteiger partial charge in [-0.25, -0.2) is 4.79 Å². The lowest BCUT2D eigenvalue weighted by Gasteiger charge is -2.34. The van der Waals surface area contributed by atoms with Crippen molar-refractivity contribution in [1.29, 1.82) is 0 Å². The van der Waals surface area contributed by atoms with Gasteiger partial charge in [-0.3, -0.25) is 4.79 Å². The summed E-state index contributed by atoms with van der Waals surface area (Å²) in [5.41, 5.74) is 1.29. The summed E-state index contributed by atoms with van der Waals surface area (Å²) in [6.07, 6.45) is 3.28. The number of nitrogens with one attached hydrogen (secondary N) is 1. The SMILES string of the molecule is CC(CNC(=O)c1cccn1C1CCN(C(=O)OC(C)(C)C)CC1)N(C)c1ccccc1. The van der Waals surface area contributed by atoms with E-state index in [-0.39, 0.29) is 24.1 Å². The van der Waals surface area contributed by atoms with Gasteiger partial charge < -0.3 is 24.4 Å². The third-order valence-electron chi connectivity index (χ3n) is 5.90. The van der Waals surface area contributed by atoms with Crippen LogP contribution in [0, 0.1) is 0 Å². The molecule has 1 N–H and O–H groups in total. The zero-order valence-electron chi connectivity index (χ0n) is 19.9. The Morgan fingerprint density at radius 2 is 1.78 bits per heavy atom. The highest BCUT2D eigenvalue weighted by Crippen LogP contribution is 2.26. The van der Waals surface area contributed by atoms with Gasteiger partial charge in [-0.1, -0.05) is 18.2 Å². The Hall–Kier alpha value is -2.96. The van der Waals surface area contributed by atoms with Gasteiger partial charge in [0.1, 0.15) is 11.3 Å². The van der Waals surface area contributed by atoms with E-state index in [0.717, 1.165) is 18.5 Å². The van der Waals surface area contributed by atoms with E-state index in [0.29, 0.717) is 25.3 Å². The molecule has 1 aromatic carbocycles. The second-order valence-electron chi connectivity index (χ2n) is 9.50. The van der Waals surface area contributed by atoms with Crippen molar-refractivity contribution in [3.8, 4) is 0 Å². The molecule has 1 fully saturated rings. The Morgan fingerprint density at radius 1 is 1.12 bits per heavy atom. The van der Waals surface area contributed by atoms with Crippen molar-refractivity contribution in [3.05, 3.63) is 54.4 Å². The third-order valence-corrected chi connectivity index (χ3v) is 5.90. The van der Waals surface area contributed by atoms with Crippen LogP contribution in [0.25, 0.3) is 0 Å². The van der Waals surface area contributed by atoms with Crippen molar-refractivity contribution in [2.75, 3.05) is 31.6 Å². The minimum absolute atomic E-state index is 0.0714. The summed E-state index contributed by atoms with van der Waals surface area (Å²) in [6.45, 7) is 9.52. The molecule has 2 aromatic rings. The minimum atomic E-state index is -0.495. The van der Waals surface area contributed by atoms with Crippen LogP contribution >= 0.6 is 0 Å². The molecule has 7 nitrogen and oxygen atoms in total. The van der Waals surface area contributed by atoms with E-state index in [1.54, 1.807) is 4.90 Å². The minimum Gasteiger partial charge on any atom is -0.444 e. The molecule has 1 unspecified atom stereocenters. The fourth-order valence-corrected chi connectivity index (χ4v) is 3.94. The lowest BCUT2D eigenvalue weighted by atomic mass is 10.0. The summed E-state index contributed by atoms with van der Waals surface area (Å²) in [5.74, 6) is -0.0714. The molecule has 0 radical (unpaired) electrons. The quantitative estimate of drug-likeness (QED) is 0.727. The van der Waals surface area contributed by atoms with Gasteiger partial charge in [0.15, 0.2) is 0 Å². The maximum absolute atomic E-state index is 12.9. The number of piperidine rings is 1. The number of hydrogen-bond donors (Lipinski definition) is 1. The summed E-state index contributed by atoms with van der Waals surface area (Å²) in [6, 6.07) is 14.3. The number of carbonyl (C=O) groups excluding carboxylic acids is 2. The summed E-state index contributed by atoms with van der Waals surface area (Å²) in [5, 5.41) is 3.08. The fraction of sp³-hybridized carbons (Fsp3) is 0.520. The molecular weight excluding hydrogens is 404 g/mol. The molecule has 1 saturated heterocycles. The van der Waals surface area contributed by atoms with Crippen molar-refractivity contribution in [1.82, 2.24) is 14.8 Å². The van der Waals surface area contributed by atoms with Gasteiger partial charge in [-0.2, -0.15) is 0 Å². The van der Waals surface area contributed by atoms with Crippen molar-refractivity contribution in [2.45, 2.75) is 58.2 Å². The van der Waals surface area contributed by atoms with E-state index in [4.69, 9.17) is 4.74 Å². The predicted octanol–water partition coefficient (Wildman–Crippen LogP) is 4.31. The van der Waals surface area contributed by atoms with Crippen molar-refractivity contribution in [3.63, 3.8) is 0 Å². The van der Waals surface area contributed by atoms with Gasteiger partial charge in [0, 0.05) is 50.6 Å². The number of anilines is 1. The van der Waals surface area contributed by atoms with Gasteiger partial charge in [0.05, 0.1) is 0 Å². The zero-order valence-corrected chi connectivity index (χ0v) is 19.9. The van der Waals surface area contributed by atoms with E-state index in [1.165, 1.54) is 0 Å². The van der Waals surface area contributed by atoms with Gasteiger partial charge in [-0.05, 0) is 64.8 Å². The highest BCUT2D eigenvalue weighted by atomic mass is 16.6. The maximum atomic E-state index is 12.9. The van der Waals surface area contributed by atoms with Gasteiger partial charge in [-0.15, -0.1) is 0 Å². The zero-order chi connectivity index (χ0) is 23.3.